The van der Waals surface area contributed by atoms with Crippen LogP contribution in [-0.2, 0) is 0 Å². The smallest absolute Gasteiger partial charge is 0.179 e. The van der Waals surface area contributed by atoms with Crippen molar-refractivity contribution in [3.05, 3.63) is 12.2 Å². The van der Waals surface area contributed by atoms with E-state index in [4.69, 9.17) is 5.26 Å². The molecule has 0 unspecified atom stereocenters. The van der Waals surface area contributed by atoms with Gasteiger partial charge in [0.2, 0.25) is 0 Å². The summed E-state index contributed by atoms with van der Waals surface area (Å²) in [6.07, 6.45) is 6.56. The number of hydrogen-bond acceptors (Lipinski definition) is 2. The molecule has 0 aliphatic carbocycles. The van der Waals surface area contributed by atoms with Crippen molar-refractivity contribution >= 4 is 0 Å². The summed E-state index contributed by atoms with van der Waals surface area (Å²) in [7, 11) is 0. The number of allylic oxidation sites excluding steroid dienone is 1. The lowest BCUT2D eigenvalue weighted by Gasteiger charge is -2.14. The van der Waals surface area contributed by atoms with Crippen LogP contribution in [0.4, 0.5) is 0 Å². The van der Waals surface area contributed by atoms with Crippen LogP contribution in [0.5, 0.6) is 0 Å². The van der Waals surface area contributed by atoms with Crippen LogP contribution in [0.3, 0.4) is 0 Å². The molecule has 0 aliphatic heterocycles. The fourth-order valence-electron chi connectivity index (χ4n) is 1.13. The maximum Gasteiger partial charge on any atom is 0.179 e. The van der Waals surface area contributed by atoms with Gasteiger partial charge in [-0.15, -0.1) is 6.58 Å². The Labute approximate surface area is 81.9 Å². The lowest BCUT2D eigenvalue weighted by atomic mass is 10.2. The van der Waals surface area contributed by atoms with Gasteiger partial charge in [0.05, 0.1) is 0 Å². The Hall–Kier alpha value is -0.970. The third-order valence-electron chi connectivity index (χ3n) is 1.95. The first-order chi connectivity index (χ1) is 6.20. The maximum atomic E-state index is 8.77. The van der Waals surface area contributed by atoms with Gasteiger partial charge in [0.25, 0.3) is 0 Å². The molecule has 0 radical (unpaired) electrons. The van der Waals surface area contributed by atoms with Crippen molar-refractivity contribution in [1.82, 2.24) is 4.90 Å². The van der Waals surface area contributed by atoms with E-state index in [1.807, 2.05) is 11.8 Å². The molecule has 74 valence electrons. The van der Waals surface area contributed by atoms with E-state index in [-0.39, 0.29) is 0 Å². The average molecular weight is 180 g/mol. The molecule has 2 heteroatoms. The minimum Gasteiger partial charge on any atom is -0.311 e. The van der Waals surface area contributed by atoms with E-state index in [1.54, 1.807) is 0 Å². The van der Waals surface area contributed by atoms with Crippen LogP contribution < -0.4 is 0 Å². The molecule has 13 heavy (non-hydrogen) atoms. The van der Waals surface area contributed by atoms with Crippen molar-refractivity contribution in [2.24, 2.45) is 0 Å². The zero-order valence-electron chi connectivity index (χ0n) is 8.84. The highest BCUT2D eigenvalue weighted by atomic mass is 15.1. The third-order valence-corrected chi connectivity index (χ3v) is 1.95. The highest BCUT2D eigenvalue weighted by Gasteiger charge is 1.99. The summed E-state index contributed by atoms with van der Waals surface area (Å²) < 4.78 is 0. The second-order valence-corrected chi connectivity index (χ2v) is 3.50. The average Bonchev–Trinajstić information content (AvgIpc) is 2.10. The van der Waals surface area contributed by atoms with Crippen LogP contribution >= 0.6 is 0 Å². The minimum absolute atomic E-state index is 0.878. The van der Waals surface area contributed by atoms with Gasteiger partial charge in [0.1, 0.15) is 0 Å². The number of nitriles is 1. The van der Waals surface area contributed by atoms with Gasteiger partial charge < -0.3 is 4.90 Å². The Kier molecular flexibility index (Phi) is 7.10. The second-order valence-electron chi connectivity index (χ2n) is 3.50. The Morgan fingerprint density at radius 2 is 2.00 bits per heavy atom. The normalized spacial score (nSPS) is 9.31. The lowest BCUT2D eigenvalue weighted by Crippen LogP contribution is -2.20. The molecule has 0 saturated heterocycles. The fourth-order valence-corrected chi connectivity index (χ4v) is 1.13. The zero-order valence-corrected chi connectivity index (χ0v) is 8.84. The summed E-state index contributed by atoms with van der Waals surface area (Å²) in [6, 6.07) is 0. The summed E-state index contributed by atoms with van der Waals surface area (Å²) in [6.45, 7) is 9.80. The molecule has 0 aromatic rings. The molecule has 2 nitrogen and oxygen atoms in total. The van der Waals surface area contributed by atoms with Gasteiger partial charge in [-0.2, -0.15) is 5.26 Å². The van der Waals surface area contributed by atoms with Crippen molar-refractivity contribution in [1.29, 1.82) is 5.26 Å². The van der Waals surface area contributed by atoms with E-state index in [0.717, 1.165) is 38.8 Å². The monoisotopic (exact) mass is 180 g/mol. The SMILES string of the molecule is C=C(C)CCCN(C#N)CCCC. The summed E-state index contributed by atoms with van der Waals surface area (Å²) in [5.74, 6) is 0. The predicted molar refractivity (Wildman–Crippen MR) is 56.1 cm³/mol. The zero-order chi connectivity index (χ0) is 10.1. The first-order valence-corrected chi connectivity index (χ1v) is 4.99. The van der Waals surface area contributed by atoms with E-state index in [9.17, 15) is 0 Å². The molecular weight excluding hydrogens is 160 g/mol. The highest BCUT2D eigenvalue weighted by Crippen LogP contribution is 2.02. The van der Waals surface area contributed by atoms with E-state index in [2.05, 4.69) is 19.7 Å². The quantitative estimate of drug-likeness (QED) is 0.342. The molecular formula is C11H20N2. The molecule has 0 heterocycles. The molecule has 0 rings (SSSR count). The molecule has 0 aromatic heterocycles. The number of hydrogen-bond donors (Lipinski definition) is 0. The third kappa shape index (κ3) is 7.39. The van der Waals surface area contributed by atoms with Gasteiger partial charge in [0.15, 0.2) is 6.19 Å². The standard InChI is InChI=1S/C11H20N2/c1-4-5-8-13(10-12)9-6-7-11(2)3/h2,4-9H2,1,3H3. The summed E-state index contributed by atoms with van der Waals surface area (Å²) in [4.78, 5) is 1.84. The second kappa shape index (κ2) is 7.67. The van der Waals surface area contributed by atoms with Crippen LogP contribution in [0, 0.1) is 11.5 Å². The van der Waals surface area contributed by atoms with Crippen molar-refractivity contribution in [3.8, 4) is 6.19 Å². The van der Waals surface area contributed by atoms with Crippen LogP contribution in [0.15, 0.2) is 12.2 Å². The highest BCUT2D eigenvalue weighted by molar-refractivity contribution is 4.88. The van der Waals surface area contributed by atoms with E-state index < -0.39 is 0 Å². The van der Waals surface area contributed by atoms with Crippen LogP contribution in [0.25, 0.3) is 0 Å². The van der Waals surface area contributed by atoms with Crippen LogP contribution in [-0.4, -0.2) is 18.0 Å². The molecule has 0 fully saturated rings. The molecule has 0 aliphatic rings. The van der Waals surface area contributed by atoms with Gasteiger partial charge in [-0.05, 0) is 26.2 Å². The first kappa shape index (κ1) is 12.0. The van der Waals surface area contributed by atoms with Gasteiger partial charge in [-0.3, -0.25) is 0 Å². The van der Waals surface area contributed by atoms with Crippen molar-refractivity contribution < 1.29 is 0 Å². The predicted octanol–water partition coefficient (Wildman–Crippen LogP) is 2.93. The van der Waals surface area contributed by atoms with Gasteiger partial charge in [0, 0.05) is 13.1 Å². The molecule has 0 amide bonds. The lowest BCUT2D eigenvalue weighted by molar-refractivity contribution is 0.376. The molecule has 0 spiro atoms. The minimum atomic E-state index is 0.878. The Balaban J connectivity index is 3.49. The Morgan fingerprint density at radius 3 is 2.46 bits per heavy atom. The van der Waals surface area contributed by atoms with E-state index in [1.165, 1.54) is 5.57 Å². The number of nitrogens with zero attached hydrogens (tertiary/aromatic N) is 2. The largest absolute Gasteiger partial charge is 0.311 e. The van der Waals surface area contributed by atoms with Crippen molar-refractivity contribution in [3.63, 3.8) is 0 Å². The maximum absolute atomic E-state index is 8.77. The van der Waals surface area contributed by atoms with Crippen LogP contribution in [0.2, 0.25) is 0 Å². The van der Waals surface area contributed by atoms with Gasteiger partial charge >= 0.3 is 0 Å². The van der Waals surface area contributed by atoms with Crippen molar-refractivity contribution in [2.45, 2.75) is 39.5 Å². The number of rotatable bonds is 7. The van der Waals surface area contributed by atoms with Crippen LogP contribution in [0.1, 0.15) is 39.5 Å². The van der Waals surface area contributed by atoms with E-state index in [0.29, 0.717) is 0 Å². The fraction of sp³-hybridized carbons (Fsp3) is 0.727. The summed E-state index contributed by atoms with van der Waals surface area (Å²) in [5.41, 5.74) is 1.20. The molecule has 0 saturated carbocycles. The first-order valence-electron chi connectivity index (χ1n) is 4.99. The molecule has 0 atom stereocenters. The van der Waals surface area contributed by atoms with Gasteiger partial charge in [-0.1, -0.05) is 18.9 Å². The van der Waals surface area contributed by atoms with Crippen molar-refractivity contribution in [2.75, 3.05) is 13.1 Å². The molecule has 0 bridgehead atoms. The summed E-state index contributed by atoms with van der Waals surface area (Å²) >= 11 is 0. The van der Waals surface area contributed by atoms with E-state index >= 15 is 0 Å². The number of unbranched alkanes of at least 4 members (excludes halogenated alkanes) is 1. The summed E-state index contributed by atoms with van der Waals surface area (Å²) in [5, 5.41) is 8.77. The Morgan fingerprint density at radius 1 is 1.38 bits per heavy atom. The van der Waals surface area contributed by atoms with Gasteiger partial charge in [-0.25, -0.2) is 0 Å². The topological polar surface area (TPSA) is 27.0 Å². The molecule has 0 aromatic carbocycles. The molecule has 0 N–H and O–H groups in total. The Bertz CT molecular complexity index is 179.